The minimum Gasteiger partial charge on any atom is -0.389 e. The minimum atomic E-state index is -0.382. The summed E-state index contributed by atoms with van der Waals surface area (Å²) < 4.78 is 19.3. The molecule has 3 N–H and O–H groups in total. The number of nitrogens with one attached hydrogen (secondary N) is 1. The van der Waals surface area contributed by atoms with Crippen LogP contribution in [0.1, 0.15) is 25.3 Å². The van der Waals surface area contributed by atoms with E-state index in [4.69, 9.17) is 22.7 Å². The number of halogens is 1. The molecule has 5 heteroatoms. The number of hydrogen-bond donors (Lipinski definition) is 2. The number of ether oxygens (including phenoxy) is 1. The first-order valence-corrected chi connectivity index (χ1v) is 6.97. The van der Waals surface area contributed by atoms with E-state index in [1.807, 2.05) is 0 Å². The Morgan fingerprint density at radius 3 is 3.00 bits per heavy atom. The number of thiocarbonyl (C=S) groups is 1. The highest BCUT2D eigenvalue weighted by atomic mass is 32.1. The van der Waals surface area contributed by atoms with Crippen LogP contribution in [0.25, 0.3) is 0 Å². The lowest BCUT2D eigenvalue weighted by Crippen LogP contribution is -2.23. The van der Waals surface area contributed by atoms with E-state index in [-0.39, 0.29) is 16.4 Å². The molecule has 1 aromatic rings. The van der Waals surface area contributed by atoms with Gasteiger partial charge in [-0.3, -0.25) is 0 Å². The van der Waals surface area contributed by atoms with Gasteiger partial charge in [-0.05, 0) is 31.0 Å². The standard InChI is InChI=1S/C14H19FN2OS/c1-2-13-9(5-6-18-13)8-17-10-3-4-11(14(16)19)12(15)7-10/h3-4,7,9,13,17H,2,5-6,8H2,1H3,(H2,16,19). The third-order valence-corrected chi connectivity index (χ3v) is 3.77. The third-order valence-electron chi connectivity index (χ3n) is 3.55. The average molecular weight is 282 g/mol. The lowest BCUT2D eigenvalue weighted by Gasteiger charge is -2.18. The van der Waals surface area contributed by atoms with Gasteiger partial charge in [-0.25, -0.2) is 4.39 Å². The van der Waals surface area contributed by atoms with Gasteiger partial charge in [0.25, 0.3) is 0 Å². The van der Waals surface area contributed by atoms with Crippen LogP contribution in [0.5, 0.6) is 0 Å². The minimum absolute atomic E-state index is 0.0827. The van der Waals surface area contributed by atoms with Gasteiger partial charge in [0, 0.05) is 30.3 Å². The Hall–Kier alpha value is -1.20. The zero-order valence-corrected chi connectivity index (χ0v) is 11.8. The highest BCUT2D eigenvalue weighted by molar-refractivity contribution is 7.80. The van der Waals surface area contributed by atoms with E-state index >= 15 is 0 Å². The van der Waals surface area contributed by atoms with Crippen molar-refractivity contribution in [2.45, 2.75) is 25.9 Å². The summed E-state index contributed by atoms with van der Waals surface area (Å²) in [5.74, 6) is 0.107. The molecule has 1 fully saturated rings. The molecule has 1 aromatic carbocycles. The third kappa shape index (κ3) is 3.42. The Kier molecular flexibility index (Phi) is 4.71. The fourth-order valence-electron chi connectivity index (χ4n) is 2.45. The summed E-state index contributed by atoms with van der Waals surface area (Å²) in [7, 11) is 0. The van der Waals surface area contributed by atoms with Crippen LogP contribution in [0.2, 0.25) is 0 Å². The van der Waals surface area contributed by atoms with Crippen molar-refractivity contribution >= 4 is 22.9 Å². The van der Waals surface area contributed by atoms with Crippen LogP contribution in [-0.2, 0) is 4.74 Å². The smallest absolute Gasteiger partial charge is 0.135 e. The van der Waals surface area contributed by atoms with Crippen molar-refractivity contribution in [3.8, 4) is 0 Å². The molecule has 2 atom stereocenters. The molecule has 0 saturated carbocycles. The second kappa shape index (κ2) is 6.30. The van der Waals surface area contributed by atoms with E-state index in [1.54, 1.807) is 12.1 Å². The molecule has 0 amide bonds. The number of anilines is 1. The largest absolute Gasteiger partial charge is 0.389 e. The molecule has 2 rings (SSSR count). The van der Waals surface area contributed by atoms with Crippen molar-refractivity contribution < 1.29 is 9.13 Å². The van der Waals surface area contributed by atoms with E-state index in [2.05, 4.69) is 12.2 Å². The molecule has 0 aliphatic carbocycles. The molecule has 0 radical (unpaired) electrons. The predicted molar refractivity (Wildman–Crippen MR) is 78.9 cm³/mol. The second-order valence-electron chi connectivity index (χ2n) is 4.81. The predicted octanol–water partition coefficient (Wildman–Crippen LogP) is 2.69. The van der Waals surface area contributed by atoms with Crippen LogP contribution in [0.3, 0.4) is 0 Å². The molecule has 0 aromatic heterocycles. The topological polar surface area (TPSA) is 47.3 Å². The van der Waals surface area contributed by atoms with Crippen molar-refractivity contribution in [2.75, 3.05) is 18.5 Å². The van der Waals surface area contributed by atoms with Crippen LogP contribution in [0.4, 0.5) is 10.1 Å². The first-order chi connectivity index (χ1) is 9.11. The van der Waals surface area contributed by atoms with Gasteiger partial charge in [-0.15, -0.1) is 0 Å². The molecule has 104 valence electrons. The molecule has 3 nitrogen and oxygen atoms in total. The van der Waals surface area contributed by atoms with Crippen LogP contribution in [0.15, 0.2) is 18.2 Å². The van der Waals surface area contributed by atoms with E-state index < -0.39 is 0 Å². The monoisotopic (exact) mass is 282 g/mol. The van der Waals surface area contributed by atoms with Gasteiger partial charge in [0.15, 0.2) is 0 Å². The van der Waals surface area contributed by atoms with Crippen LogP contribution in [-0.4, -0.2) is 24.2 Å². The molecular weight excluding hydrogens is 263 g/mol. The van der Waals surface area contributed by atoms with Gasteiger partial charge in [0.2, 0.25) is 0 Å². The molecular formula is C14H19FN2OS. The zero-order valence-electron chi connectivity index (χ0n) is 11.0. The summed E-state index contributed by atoms with van der Waals surface area (Å²) in [4.78, 5) is 0.0827. The summed E-state index contributed by atoms with van der Waals surface area (Å²) in [6.45, 7) is 3.74. The van der Waals surface area contributed by atoms with Gasteiger partial charge in [-0.2, -0.15) is 0 Å². The van der Waals surface area contributed by atoms with Crippen molar-refractivity contribution in [1.29, 1.82) is 0 Å². The molecule has 0 spiro atoms. The molecule has 1 saturated heterocycles. The van der Waals surface area contributed by atoms with Crippen LogP contribution < -0.4 is 11.1 Å². The zero-order chi connectivity index (χ0) is 13.8. The highest BCUT2D eigenvalue weighted by Crippen LogP contribution is 2.24. The van der Waals surface area contributed by atoms with E-state index in [1.165, 1.54) is 6.07 Å². The van der Waals surface area contributed by atoms with Gasteiger partial charge in [-0.1, -0.05) is 19.1 Å². The van der Waals surface area contributed by atoms with Crippen LogP contribution >= 0.6 is 12.2 Å². The van der Waals surface area contributed by atoms with Crippen molar-refractivity contribution in [1.82, 2.24) is 0 Å². The molecule has 1 aliphatic heterocycles. The Bertz CT molecular complexity index is 467. The SMILES string of the molecule is CCC1OCCC1CNc1ccc(C(N)=S)c(F)c1. The average Bonchev–Trinajstić information content (AvgIpc) is 2.83. The number of hydrogen-bond acceptors (Lipinski definition) is 3. The Morgan fingerprint density at radius 1 is 1.58 bits per heavy atom. The first-order valence-electron chi connectivity index (χ1n) is 6.56. The van der Waals surface area contributed by atoms with Crippen molar-refractivity contribution in [3.63, 3.8) is 0 Å². The molecule has 19 heavy (non-hydrogen) atoms. The second-order valence-corrected chi connectivity index (χ2v) is 5.25. The molecule has 0 bridgehead atoms. The summed E-state index contributed by atoms with van der Waals surface area (Å²) in [5.41, 5.74) is 6.47. The Labute approximate surface area is 118 Å². The molecule has 1 heterocycles. The lowest BCUT2D eigenvalue weighted by atomic mass is 9.99. The Morgan fingerprint density at radius 2 is 2.37 bits per heavy atom. The fourth-order valence-corrected chi connectivity index (χ4v) is 2.62. The fraction of sp³-hybridized carbons (Fsp3) is 0.500. The highest BCUT2D eigenvalue weighted by Gasteiger charge is 2.26. The number of benzene rings is 1. The first kappa shape index (κ1) is 14.2. The summed E-state index contributed by atoms with van der Waals surface area (Å²) >= 11 is 4.78. The number of rotatable bonds is 5. The van der Waals surface area contributed by atoms with Gasteiger partial charge < -0.3 is 15.8 Å². The maximum Gasteiger partial charge on any atom is 0.135 e. The summed E-state index contributed by atoms with van der Waals surface area (Å²) in [6, 6.07) is 4.85. The van der Waals surface area contributed by atoms with E-state index in [0.29, 0.717) is 12.0 Å². The van der Waals surface area contributed by atoms with Crippen LogP contribution in [0, 0.1) is 11.7 Å². The quantitative estimate of drug-likeness (QED) is 0.815. The molecule has 2 unspecified atom stereocenters. The van der Waals surface area contributed by atoms with E-state index in [0.717, 1.165) is 31.7 Å². The normalized spacial score (nSPS) is 22.4. The molecule has 1 aliphatic rings. The van der Waals surface area contributed by atoms with Gasteiger partial charge >= 0.3 is 0 Å². The Balaban J connectivity index is 1.96. The summed E-state index contributed by atoms with van der Waals surface area (Å²) in [6.07, 6.45) is 2.38. The maximum absolute atomic E-state index is 13.7. The van der Waals surface area contributed by atoms with Gasteiger partial charge in [0.1, 0.15) is 10.8 Å². The van der Waals surface area contributed by atoms with Gasteiger partial charge in [0.05, 0.1) is 6.10 Å². The maximum atomic E-state index is 13.7. The van der Waals surface area contributed by atoms with Crippen molar-refractivity contribution in [2.24, 2.45) is 11.7 Å². The van der Waals surface area contributed by atoms with E-state index in [9.17, 15) is 4.39 Å². The summed E-state index contributed by atoms with van der Waals surface area (Å²) in [5, 5.41) is 3.25. The lowest BCUT2D eigenvalue weighted by molar-refractivity contribution is 0.0900. The number of nitrogens with two attached hydrogens (primary N) is 1. The van der Waals surface area contributed by atoms with Crippen molar-refractivity contribution in [3.05, 3.63) is 29.6 Å².